The Morgan fingerprint density at radius 2 is 1.10 bits per heavy atom. The van der Waals surface area contributed by atoms with Crippen molar-refractivity contribution in [2.45, 2.75) is 20.3 Å². The van der Waals surface area contributed by atoms with Crippen molar-refractivity contribution in [2.24, 2.45) is 11.3 Å². The summed E-state index contributed by atoms with van der Waals surface area (Å²) in [5.74, 6) is 2.16. The van der Waals surface area contributed by atoms with Crippen LogP contribution in [0.25, 0.3) is 0 Å². The second-order valence-corrected chi connectivity index (χ2v) is 7.05. The van der Waals surface area contributed by atoms with Crippen LogP contribution >= 0.6 is 0 Å². The normalized spacial score (nSPS) is 10.6. The maximum absolute atomic E-state index is 5.14. The highest BCUT2D eigenvalue weighted by Crippen LogP contribution is 2.22. The highest BCUT2D eigenvalue weighted by molar-refractivity contribution is 5.32. The van der Waals surface area contributed by atoms with Gasteiger partial charge in [0.15, 0.2) is 0 Å². The van der Waals surface area contributed by atoms with Gasteiger partial charge >= 0.3 is 0 Å². The molecule has 7 heteroatoms. The van der Waals surface area contributed by atoms with Gasteiger partial charge in [0.1, 0.15) is 11.5 Å². The summed E-state index contributed by atoms with van der Waals surface area (Å²) in [5.41, 5.74) is 0.0260. The highest BCUT2D eigenvalue weighted by atomic mass is 16.5. The largest absolute Gasteiger partial charge is 0.497 e. The van der Waals surface area contributed by atoms with Crippen molar-refractivity contribution in [2.75, 3.05) is 82.8 Å². The summed E-state index contributed by atoms with van der Waals surface area (Å²) in [5, 5.41) is 0. The minimum atomic E-state index is 0.0260. The molecule has 1 rings (SSSR count). The smallest absolute Gasteiger partial charge is 0.122 e. The van der Waals surface area contributed by atoms with Crippen LogP contribution < -0.4 is 9.47 Å². The first-order chi connectivity index (χ1) is 14.4. The molecule has 0 spiro atoms. The lowest BCUT2D eigenvalue weighted by molar-refractivity contribution is -0.0403. The molecule has 0 bridgehead atoms. The fourth-order valence-electron chi connectivity index (χ4n) is 2.70. The summed E-state index contributed by atoms with van der Waals surface area (Å²) >= 11 is 0. The summed E-state index contributed by atoms with van der Waals surface area (Å²) in [6, 6.07) is 7.47. The molecule has 0 radical (unpaired) electrons. The molecule has 0 heterocycles. The van der Waals surface area contributed by atoms with Gasteiger partial charge in [-0.05, 0) is 18.6 Å². The maximum atomic E-state index is 5.14. The Balaban J connectivity index is 0. The molecule has 1 aromatic rings. The zero-order valence-electron chi connectivity index (χ0n) is 20.5. The second kappa shape index (κ2) is 20.9. The molecule has 0 aromatic heterocycles. The lowest BCUT2D eigenvalue weighted by Crippen LogP contribution is -2.35. The first kappa shape index (κ1) is 30.8. The van der Waals surface area contributed by atoms with Crippen molar-refractivity contribution in [1.82, 2.24) is 0 Å². The van der Waals surface area contributed by atoms with E-state index in [1.54, 1.807) is 49.8 Å². The van der Waals surface area contributed by atoms with E-state index in [1.165, 1.54) is 0 Å². The van der Waals surface area contributed by atoms with E-state index in [0.29, 0.717) is 25.7 Å². The molecular weight excluding hydrogens is 388 g/mol. The molecule has 7 nitrogen and oxygen atoms in total. The molecule has 30 heavy (non-hydrogen) atoms. The van der Waals surface area contributed by atoms with Crippen molar-refractivity contribution < 1.29 is 33.2 Å². The molecule has 0 aliphatic heterocycles. The predicted molar refractivity (Wildman–Crippen MR) is 121 cm³/mol. The Morgan fingerprint density at radius 1 is 0.700 bits per heavy atom. The van der Waals surface area contributed by atoms with Crippen molar-refractivity contribution >= 4 is 0 Å². The van der Waals surface area contributed by atoms with Crippen LogP contribution in [0, 0.1) is 11.3 Å². The van der Waals surface area contributed by atoms with Crippen LogP contribution in [-0.4, -0.2) is 82.8 Å². The van der Waals surface area contributed by atoms with Gasteiger partial charge in [0, 0.05) is 52.9 Å². The number of hydrogen-bond donors (Lipinski definition) is 0. The van der Waals surface area contributed by atoms with Crippen molar-refractivity contribution in [3.05, 3.63) is 24.3 Å². The number of hydrogen-bond acceptors (Lipinski definition) is 7. The Kier molecular flexibility index (Phi) is 21.4. The van der Waals surface area contributed by atoms with Gasteiger partial charge in [-0.3, -0.25) is 0 Å². The number of ether oxygens (including phenoxy) is 7. The maximum Gasteiger partial charge on any atom is 0.122 e. The van der Waals surface area contributed by atoms with Crippen LogP contribution in [0.2, 0.25) is 0 Å². The summed E-state index contributed by atoms with van der Waals surface area (Å²) in [7, 11) is 11.8. The van der Waals surface area contributed by atoms with Gasteiger partial charge in [-0.1, -0.05) is 19.9 Å². The molecule has 0 fully saturated rings. The monoisotopic (exact) mass is 432 g/mol. The third-order valence-electron chi connectivity index (χ3n) is 4.28. The molecule has 0 unspecified atom stereocenters. The van der Waals surface area contributed by atoms with Crippen LogP contribution in [0.4, 0.5) is 0 Å². The molecule has 0 atom stereocenters. The summed E-state index contributed by atoms with van der Waals surface area (Å²) < 4.78 is 35.1. The van der Waals surface area contributed by atoms with Gasteiger partial charge in [-0.2, -0.15) is 0 Å². The molecule has 0 N–H and O–H groups in total. The quantitative estimate of drug-likeness (QED) is 0.468. The molecule has 0 saturated heterocycles. The second-order valence-electron chi connectivity index (χ2n) is 7.05. The topological polar surface area (TPSA) is 64.6 Å². The van der Waals surface area contributed by atoms with E-state index >= 15 is 0 Å². The fraction of sp³-hybridized carbons (Fsp3) is 0.739. The Morgan fingerprint density at radius 3 is 1.37 bits per heavy atom. The van der Waals surface area contributed by atoms with E-state index in [-0.39, 0.29) is 5.41 Å². The third-order valence-corrected chi connectivity index (χ3v) is 4.28. The van der Waals surface area contributed by atoms with E-state index in [9.17, 15) is 0 Å². The van der Waals surface area contributed by atoms with Crippen molar-refractivity contribution in [3.63, 3.8) is 0 Å². The average molecular weight is 433 g/mol. The molecule has 0 amide bonds. The van der Waals surface area contributed by atoms with Crippen molar-refractivity contribution in [3.8, 4) is 11.5 Å². The van der Waals surface area contributed by atoms with E-state index in [1.807, 2.05) is 24.3 Å². The number of rotatable bonds is 13. The van der Waals surface area contributed by atoms with Crippen LogP contribution in [-0.2, 0) is 23.7 Å². The number of methoxy groups -OCH3 is 7. The first-order valence-electron chi connectivity index (χ1n) is 10.0. The molecule has 0 aliphatic rings. The van der Waals surface area contributed by atoms with Gasteiger partial charge in [-0.15, -0.1) is 0 Å². The van der Waals surface area contributed by atoms with Crippen LogP contribution in [0.3, 0.4) is 0 Å². The Bertz CT molecular complexity index is 440. The standard InChI is InChI=1S/C9H20O3.C8H10O2.C6H14O2/c1-5-9(6-10-2,7-11-3)8-12-4;1-9-7-4-3-5-8(6-7)10-2;1-6(4-7-2)5-8-3/h5-8H2,1-4H3;3-6H,1-2H3;6H,4-5H2,1-3H3. The summed E-state index contributed by atoms with van der Waals surface area (Å²) in [6.07, 6.45) is 1.00. The minimum absolute atomic E-state index is 0.0260. The summed E-state index contributed by atoms with van der Waals surface area (Å²) in [4.78, 5) is 0. The molecule has 0 saturated carbocycles. The minimum Gasteiger partial charge on any atom is -0.497 e. The zero-order valence-corrected chi connectivity index (χ0v) is 20.5. The summed E-state index contributed by atoms with van der Waals surface area (Å²) in [6.45, 7) is 7.84. The molecular formula is C23H44O7. The van der Waals surface area contributed by atoms with Crippen LogP contribution in [0.15, 0.2) is 24.3 Å². The predicted octanol–water partition coefficient (Wildman–Crippen LogP) is 3.94. The van der Waals surface area contributed by atoms with Gasteiger partial charge in [0.2, 0.25) is 0 Å². The van der Waals surface area contributed by atoms with Crippen LogP contribution in [0.1, 0.15) is 20.3 Å². The molecule has 1 aromatic carbocycles. The third kappa shape index (κ3) is 15.5. The van der Waals surface area contributed by atoms with E-state index in [4.69, 9.17) is 33.2 Å². The van der Waals surface area contributed by atoms with E-state index in [2.05, 4.69) is 13.8 Å². The lowest BCUT2D eigenvalue weighted by Gasteiger charge is -2.30. The SMILES string of the molecule is CCC(COC)(COC)COC.COCC(C)COC.COc1cccc(OC)c1. The Hall–Kier alpha value is -1.38. The van der Waals surface area contributed by atoms with E-state index in [0.717, 1.165) is 31.1 Å². The average Bonchev–Trinajstić information content (AvgIpc) is 2.75. The molecule has 0 aliphatic carbocycles. The fourth-order valence-corrected chi connectivity index (χ4v) is 2.70. The van der Waals surface area contributed by atoms with Gasteiger partial charge in [-0.25, -0.2) is 0 Å². The molecule has 178 valence electrons. The van der Waals surface area contributed by atoms with Gasteiger partial charge in [0.05, 0.1) is 47.3 Å². The highest BCUT2D eigenvalue weighted by Gasteiger charge is 2.28. The number of benzene rings is 1. The van der Waals surface area contributed by atoms with Crippen LogP contribution in [0.5, 0.6) is 11.5 Å². The Labute approximate surface area is 183 Å². The lowest BCUT2D eigenvalue weighted by atomic mass is 9.88. The zero-order chi connectivity index (χ0) is 23.3. The van der Waals surface area contributed by atoms with Crippen molar-refractivity contribution in [1.29, 1.82) is 0 Å². The van der Waals surface area contributed by atoms with E-state index < -0.39 is 0 Å². The van der Waals surface area contributed by atoms with Gasteiger partial charge in [0.25, 0.3) is 0 Å². The first-order valence-corrected chi connectivity index (χ1v) is 10.0. The van der Waals surface area contributed by atoms with Gasteiger partial charge < -0.3 is 33.2 Å².